The molecule has 3 rings (SSSR count). The molecule has 0 aliphatic heterocycles. The molecular formula is C17H14As. The van der Waals surface area contributed by atoms with Crippen LogP contribution in [0.15, 0.2) is 60.7 Å². The van der Waals surface area contributed by atoms with Gasteiger partial charge in [-0.3, -0.25) is 0 Å². The molecule has 0 heterocycles. The molecule has 2 aromatic carbocycles. The van der Waals surface area contributed by atoms with Crippen LogP contribution in [0.3, 0.4) is 0 Å². The molecule has 1 heteroatoms. The molecule has 0 amide bonds. The van der Waals surface area contributed by atoms with E-state index >= 15 is 0 Å². The summed E-state index contributed by atoms with van der Waals surface area (Å²) in [6, 6.07) is 21.8. The van der Waals surface area contributed by atoms with Gasteiger partial charge in [0.25, 0.3) is 0 Å². The fourth-order valence-corrected chi connectivity index (χ4v) is 6.95. The van der Waals surface area contributed by atoms with Crippen molar-refractivity contribution in [2.75, 3.05) is 0 Å². The van der Waals surface area contributed by atoms with Gasteiger partial charge in [-0.05, 0) is 0 Å². The average Bonchev–Trinajstić information content (AvgIpc) is 2.95. The molecule has 0 nitrogen and oxygen atoms in total. The zero-order valence-corrected chi connectivity index (χ0v) is 11.9. The topological polar surface area (TPSA) is 0 Å². The third-order valence-corrected chi connectivity index (χ3v) is 8.06. The Kier molecular flexibility index (Phi) is 3.86. The predicted molar refractivity (Wildman–Crippen MR) is 78.3 cm³/mol. The summed E-state index contributed by atoms with van der Waals surface area (Å²) in [4.78, 5) is 0. The predicted octanol–water partition coefficient (Wildman–Crippen LogP) is 2.24. The van der Waals surface area contributed by atoms with Gasteiger partial charge in [0, 0.05) is 0 Å². The first-order chi connectivity index (χ1) is 8.95. The summed E-state index contributed by atoms with van der Waals surface area (Å²) < 4.78 is 4.48. The Morgan fingerprint density at radius 1 is 0.556 bits per heavy atom. The van der Waals surface area contributed by atoms with Crippen molar-refractivity contribution in [3.05, 3.63) is 91.1 Å². The minimum atomic E-state index is -1.34. The number of rotatable bonds is 3. The van der Waals surface area contributed by atoms with Gasteiger partial charge in [-0.1, -0.05) is 0 Å². The third-order valence-electron chi connectivity index (χ3n) is 2.93. The Morgan fingerprint density at radius 2 is 1.00 bits per heavy atom. The van der Waals surface area contributed by atoms with Crippen LogP contribution in [0.1, 0.15) is 0 Å². The van der Waals surface area contributed by atoms with Crippen LogP contribution in [-0.2, 0) is 0 Å². The molecule has 1 aliphatic rings. The van der Waals surface area contributed by atoms with E-state index in [2.05, 4.69) is 86.3 Å². The standard InChI is InChI=1S/C17H14As/c1-3-9-15(10-4-1)18(17-13-7-8-14-17)16-11-5-2-6-12-16/h1-14H. The van der Waals surface area contributed by atoms with Crippen LogP contribution in [0.2, 0.25) is 0 Å². The van der Waals surface area contributed by atoms with Gasteiger partial charge in [0.15, 0.2) is 0 Å². The molecule has 0 N–H and O–H groups in total. The van der Waals surface area contributed by atoms with Gasteiger partial charge in [0.1, 0.15) is 0 Å². The Hall–Kier alpha value is -1.00. The van der Waals surface area contributed by atoms with Gasteiger partial charge < -0.3 is 0 Å². The van der Waals surface area contributed by atoms with E-state index in [1.54, 1.807) is 0 Å². The molecular weight excluding hydrogens is 279 g/mol. The van der Waals surface area contributed by atoms with E-state index in [0.29, 0.717) is 0 Å². The van der Waals surface area contributed by atoms with Crippen LogP contribution in [0.4, 0.5) is 0 Å². The minimum absolute atomic E-state index is 1.34. The Morgan fingerprint density at radius 3 is 1.44 bits per heavy atom. The summed E-state index contributed by atoms with van der Waals surface area (Å²) >= 11 is -1.34. The normalized spacial score (nSPS) is 16.3. The first kappa shape index (κ1) is 12.1. The van der Waals surface area contributed by atoms with E-state index in [1.165, 1.54) is 13.4 Å². The van der Waals surface area contributed by atoms with E-state index in [1.807, 2.05) is 0 Å². The molecule has 0 spiro atoms. The maximum absolute atomic E-state index is 2.26. The zero-order valence-electron chi connectivity index (χ0n) is 10.0. The van der Waals surface area contributed by atoms with Crippen molar-refractivity contribution < 1.29 is 0 Å². The molecule has 2 aromatic rings. The van der Waals surface area contributed by atoms with Crippen LogP contribution < -0.4 is 8.70 Å². The molecule has 1 saturated carbocycles. The monoisotopic (exact) mass is 293 g/mol. The van der Waals surface area contributed by atoms with Gasteiger partial charge in [-0.2, -0.15) is 0 Å². The molecule has 87 valence electrons. The van der Waals surface area contributed by atoms with E-state index in [-0.39, 0.29) is 0 Å². The van der Waals surface area contributed by atoms with E-state index < -0.39 is 14.7 Å². The van der Waals surface area contributed by atoms with Gasteiger partial charge >= 0.3 is 114 Å². The van der Waals surface area contributed by atoms with E-state index in [4.69, 9.17) is 0 Å². The molecule has 0 atom stereocenters. The van der Waals surface area contributed by atoms with Gasteiger partial charge in [-0.25, -0.2) is 0 Å². The summed E-state index contributed by atoms with van der Waals surface area (Å²) in [6.45, 7) is 0. The van der Waals surface area contributed by atoms with Crippen molar-refractivity contribution in [3.8, 4) is 0 Å². The maximum atomic E-state index is 2.26. The number of hydrogen-bond acceptors (Lipinski definition) is 0. The quantitative estimate of drug-likeness (QED) is 0.761. The second-order valence-corrected chi connectivity index (χ2v) is 8.81. The Labute approximate surface area is 114 Å². The van der Waals surface area contributed by atoms with Crippen LogP contribution in [0.25, 0.3) is 0 Å². The van der Waals surface area contributed by atoms with Crippen molar-refractivity contribution >= 4 is 23.4 Å². The third kappa shape index (κ3) is 2.54. The molecule has 0 unspecified atom stereocenters. The number of hydrogen-bond donors (Lipinski definition) is 0. The Bertz CT molecular complexity index is 432. The van der Waals surface area contributed by atoms with Crippen molar-refractivity contribution in [1.82, 2.24) is 0 Å². The van der Waals surface area contributed by atoms with Gasteiger partial charge in [0.2, 0.25) is 0 Å². The van der Waals surface area contributed by atoms with Crippen LogP contribution in [0.5, 0.6) is 0 Å². The second kappa shape index (κ2) is 5.76. The van der Waals surface area contributed by atoms with E-state index in [9.17, 15) is 0 Å². The Balaban J connectivity index is 1.98. The summed E-state index contributed by atoms with van der Waals surface area (Å²) in [5.41, 5.74) is 0. The molecule has 0 saturated heterocycles. The van der Waals surface area contributed by atoms with Crippen LogP contribution in [0, 0.1) is 30.4 Å². The van der Waals surface area contributed by atoms with E-state index in [0.717, 1.165) is 0 Å². The number of benzene rings is 2. The SMILES string of the molecule is [CH]1[CH][CH][C]([As](c2ccccc2)c2ccccc2)[CH]1. The molecule has 1 fully saturated rings. The molecule has 1 aliphatic carbocycles. The first-order valence-corrected chi connectivity index (χ1v) is 8.88. The summed E-state index contributed by atoms with van der Waals surface area (Å²) in [5, 5.41) is 0. The van der Waals surface area contributed by atoms with Crippen molar-refractivity contribution in [3.63, 3.8) is 0 Å². The molecule has 5 radical (unpaired) electrons. The first-order valence-electron chi connectivity index (χ1n) is 6.07. The molecule has 0 aromatic heterocycles. The van der Waals surface area contributed by atoms with Crippen LogP contribution >= 0.6 is 0 Å². The molecule has 0 bridgehead atoms. The molecule has 18 heavy (non-hydrogen) atoms. The van der Waals surface area contributed by atoms with Crippen molar-refractivity contribution in [2.45, 2.75) is 0 Å². The fraction of sp³-hybridized carbons (Fsp3) is 0. The second-order valence-electron chi connectivity index (χ2n) is 4.15. The summed E-state index contributed by atoms with van der Waals surface area (Å²) in [7, 11) is 0. The fourth-order valence-electron chi connectivity index (χ4n) is 2.11. The van der Waals surface area contributed by atoms with Crippen molar-refractivity contribution in [2.24, 2.45) is 0 Å². The van der Waals surface area contributed by atoms with Gasteiger partial charge in [-0.15, -0.1) is 0 Å². The van der Waals surface area contributed by atoms with Crippen molar-refractivity contribution in [1.29, 1.82) is 0 Å². The summed E-state index contributed by atoms with van der Waals surface area (Å²) in [5.74, 6) is 0. The summed E-state index contributed by atoms with van der Waals surface area (Å²) in [6.07, 6.45) is 8.81. The van der Waals surface area contributed by atoms with Gasteiger partial charge in [0.05, 0.1) is 0 Å². The zero-order chi connectivity index (χ0) is 12.2. The van der Waals surface area contributed by atoms with Crippen LogP contribution in [-0.4, -0.2) is 14.7 Å². The average molecular weight is 293 g/mol.